The molecule has 1 heteroatoms. The first-order valence-electron chi connectivity index (χ1n) is 15.8. The molecule has 0 aliphatic carbocycles. The Bertz CT molecular complexity index is 506. The molecule has 0 N–H and O–H groups in total. The van der Waals surface area contributed by atoms with Crippen molar-refractivity contribution in [3.8, 4) is 0 Å². The molecule has 0 aliphatic rings. The standard InChI is InChI=1S/C33H62N/c1-3-5-7-9-11-12-13-14-15-16-17-18-19-20-21-23-25-27-33-28-31-34(32-29-33)30-26-24-22-10-8-6-4-2/h28-29,31-32H,3-27,30H2,1-2H3/q+1. The molecule has 0 saturated heterocycles. The zero-order valence-electron chi connectivity index (χ0n) is 23.6. The summed E-state index contributed by atoms with van der Waals surface area (Å²) in [4.78, 5) is 0. The average molecular weight is 473 g/mol. The van der Waals surface area contributed by atoms with Gasteiger partial charge in [-0.15, -0.1) is 0 Å². The van der Waals surface area contributed by atoms with Crippen LogP contribution in [-0.2, 0) is 13.0 Å². The lowest BCUT2D eigenvalue weighted by Gasteiger charge is -2.04. The molecule has 0 atom stereocenters. The van der Waals surface area contributed by atoms with Crippen LogP contribution in [0.15, 0.2) is 24.5 Å². The third-order valence-corrected chi connectivity index (χ3v) is 7.55. The van der Waals surface area contributed by atoms with Crippen molar-refractivity contribution in [1.29, 1.82) is 0 Å². The van der Waals surface area contributed by atoms with Gasteiger partial charge in [-0.2, -0.15) is 0 Å². The first-order valence-corrected chi connectivity index (χ1v) is 15.8. The first-order chi connectivity index (χ1) is 16.9. The summed E-state index contributed by atoms with van der Waals surface area (Å²) in [5.74, 6) is 0. The van der Waals surface area contributed by atoms with Crippen molar-refractivity contribution in [2.45, 2.75) is 181 Å². The lowest BCUT2D eigenvalue weighted by atomic mass is 10.0. The Balaban J connectivity index is 1.83. The second-order valence-electron chi connectivity index (χ2n) is 11.0. The second kappa shape index (κ2) is 25.2. The third-order valence-electron chi connectivity index (χ3n) is 7.55. The number of pyridine rings is 1. The van der Waals surface area contributed by atoms with Gasteiger partial charge < -0.3 is 0 Å². The molecule has 0 saturated carbocycles. The molecule has 0 spiro atoms. The maximum atomic E-state index is 2.38. The average Bonchev–Trinajstić information content (AvgIpc) is 2.86. The van der Waals surface area contributed by atoms with E-state index in [9.17, 15) is 0 Å². The monoisotopic (exact) mass is 472 g/mol. The van der Waals surface area contributed by atoms with Crippen molar-refractivity contribution in [1.82, 2.24) is 0 Å². The van der Waals surface area contributed by atoms with Gasteiger partial charge in [-0.3, -0.25) is 0 Å². The zero-order valence-corrected chi connectivity index (χ0v) is 23.6. The van der Waals surface area contributed by atoms with E-state index in [0.717, 1.165) is 0 Å². The van der Waals surface area contributed by atoms with Crippen molar-refractivity contribution in [3.05, 3.63) is 30.1 Å². The molecule has 0 amide bonds. The molecule has 0 radical (unpaired) electrons. The van der Waals surface area contributed by atoms with Crippen molar-refractivity contribution < 1.29 is 4.57 Å². The highest BCUT2D eigenvalue weighted by atomic mass is 14.9. The van der Waals surface area contributed by atoms with Crippen molar-refractivity contribution in [2.24, 2.45) is 0 Å². The molecule has 34 heavy (non-hydrogen) atoms. The van der Waals surface area contributed by atoms with Gasteiger partial charge in [-0.1, -0.05) is 149 Å². The Morgan fingerprint density at radius 2 is 0.735 bits per heavy atom. The van der Waals surface area contributed by atoms with Crippen molar-refractivity contribution >= 4 is 0 Å². The molecular weight excluding hydrogens is 410 g/mol. The lowest BCUT2D eigenvalue weighted by Crippen LogP contribution is -2.32. The Hall–Kier alpha value is -0.850. The number of aromatic nitrogens is 1. The van der Waals surface area contributed by atoms with Gasteiger partial charge >= 0.3 is 0 Å². The van der Waals surface area contributed by atoms with Crippen LogP contribution in [0.1, 0.15) is 174 Å². The van der Waals surface area contributed by atoms with Crippen LogP contribution in [0.25, 0.3) is 0 Å². The lowest BCUT2D eigenvalue weighted by molar-refractivity contribution is -0.697. The third kappa shape index (κ3) is 20.5. The highest BCUT2D eigenvalue weighted by Gasteiger charge is 2.02. The fraction of sp³-hybridized carbons (Fsp3) is 0.848. The van der Waals surface area contributed by atoms with E-state index in [2.05, 4.69) is 42.9 Å². The summed E-state index contributed by atoms with van der Waals surface area (Å²) in [6.45, 7) is 5.78. The van der Waals surface area contributed by atoms with Crippen LogP contribution in [0.5, 0.6) is 0 Å². The molecule has 0 aliphatic heterocycles. The Labute approximate surface area is 215 Å². The molecule has 0 aromatic carbocycles. The summed E-state index contributed by atoms with van der Waals surface area (Å²) >= 11 is 0. The summed E-state index contributed by atoms with van der Waals surface area (Å²) in [5, 5.41) is 0. The van der Waals surface area contributed by atoms with Gasteiger partial charge in [0.1, 0.15) is 6.54 Å². The summed E-state index contributed by atoms with van der Waals surface area (Å²) in [5.41, 5.74) is 1.52. The van der Waals surface area contributed by atoms with Gasteiger partial charge in [0.05, 0.1) is 0 Å². The number of aryl methyl sites for hydroxylation is 2. The maximum Gasteiger partial charge on any atom is 0.169 e. The fourth-order valence-electron chi connectivity index (χ4n) is 5.11. The SMILES string of the molecule is CCCCCCCCCCCCCCCCCCCc1cc[n+](CCCCCCCCC)cc1. The van der Waals surface area contributed by atoms with Crippen LogP contribution in [0.4, 0.5) is 0 Å². The topological polar surface area (TPSA) is 3.88 Å². The van der Waals surface area contributed by atoms with Crippen LogP contribution < -0.4 is 4.57 Å². The van der Waals surface area contributed by atoms with Crippen LogP contribution in [0.2, 0.25) is 0 Å². The van der Waals surface area contributed by atoms with E-state index < -0.39 is 0 Å². The van der Waals surface area contributed by atoms with Crippen molar-refractivity contribution in [2.75, 3.05) is 0 Å². The van der Waals surface area contributed by atoms with Crippen LogP contribution in [0.3, 0.4) is 0 Å². The normalized spacial score (nSPS) is 11.4. The van der Waals surface area contributed by atoms with E-state index in [1.54, 1.807) is 0 Å². The van der Waals surface area contributed by atoms with Crippen LogP contribution in [-0.4, -0.2) is 0 Å². The number of unbranched alkanes of at least 4 members (excludes halogenated alkanes) is 22. The van der Waals surface area contributed by atoms with Crippen LogP contribution >= 0.6 is 0 Å². The molecule has 1 heterocycles. The predicted molar refractivity (Wildman–Crippen MR) is 152 cm³/mol. The van der Waals surface area contributed by atoms with Gasteiger partial charge in [0.25, 0.3) is 0 Å². The smallest absolute Gasteiger partial charge is 0.169 e. The molecular formula is C33H62N+. The largest absolute Gasteiger partial charge is 0.205 e. The number of hydrogen-bond donors (Lipinski definition) is 0. The van der Waals surface area contributed by atoms with Crippen LogP contribution in [0, 0.1) is 0 Å². The van der Waals surface area contributed by atoms with E-state index >= 15 is 0 Å². The Morgan fingerprint density at radius 3 is 1.12 bits per heavy atom. The van der Waals surface area contributed by atoms with Crippen molar-refractivity contribution in [3.63, 3.8) is 0 Å². The van der Waals surface area contributed by atoms with E-state index in [-0.39, 0.29) is 0 Å². The minimum atomic E-state index is 1.19. The molecule has 1 aromatic heterocycles. The highest BCUT2D eigenvalue weighted by Crippen LogP contribution is 2.14. The predicted octanol–water partition coefficient (Wildman–Crippen LogP) is 10.9. The summed E-state index contributed by atoms with van der Waals surface area (Å²) in [6.07, 6.45) is 40.3. The van der Waals surface area contributed by atoms with E-state index in [0.29, 0.717) is 0 Å². The molecule has 1 aromatic rings. The molecule has 1 nitrogen and oxygen atoms in total. The summed E-state index contributed by atoms with van der Waals surface area (Å²) in [7, 11) is 0. The van der Waals surface area contributed by atoms with E-state index in [1.165, 1.54) is 173 Å². The number of rotatable bonds is 26. The molecule has 0 unspecified atom stereocenters. The van der Waals surface area contributed by atoms with Gasteiger partial charge in [0, 0.05) is 18.6 Å². The van der Waals surface area contributed by atoms with Gasteiger partial charge in [-0.25, -0.2) is 4.57 Å². The molecule has 1 rings (SSSR count). The fourth-order valence-corrected chi connectivity index (χ4v) is 5.11. The molecule has 0 fully saturated rings. The number of nitrogens with zero attached hydrogens (tertiary/aromatic N) is 1. The zero-order chi connectivity index (χ0) is 24.4. The minimum absolute atomic E-state index is 1.19. The highest BCUT2D eigenvalue weighted by molar-refractivity contribution is 5.07. The van der Waals surface area contributed by atoms with Gasteiger partial charge in [0.15, 0.2) is 12.4 Å². The quantitative estimate of drug-likeness (QED) is 0.0932. The summed E-state index contributed by atoms with van der Waals surface area (Å²) < 4.78 is 2.38. The summed E-state index contributed by atoms with van der Waals surface area (Å²) in [6, 6.07) is 4.71. The van der Waals surface area contributed by atoms with E-state index in [4.69, 9.17) is 0 Å². The second-order valence-corrected chi connectivity index (χ2v) is 11.0. The Kier molecular flexibility index (Phi) is 23.2. The molecule has 0 bridgehead atoms. The first kappa shape index (κ1) is 31.2. The van der Waals surface area contributed by atoms with Gasteiger partial charge in [-0.05, 0) is 24.8 Å². The number of hydrogen-bond acceptors (Lipinski definition) is 0. The minimum Gasteiger partial charge on any atom is -0.205 e. The Morgan fingerprint density at radius 1 is 0.412 bits per heavy atom. The van der Waals surface area contributed by atoms with Gasteiger partial charge in [0.2, 0.25) is 0 Å². The van der Waals surface area contributed by atoms with E-state index in [1.807, 2.05) is 0 Å². The molecule has 198 valence electrons. The maximum absolute atomic E-state index is 2.38.